The average molecular weight is 370 g/mol. The number of amides is 1. The minimum absolute atomic E-state index is 0.0486. The standard InChI is InChI=1S/C22H18N4O2/c1-15(27)17-8-5-9-19(12-17)23-22(28)18-10-11-21-20(13-18)24-25-26(21)14-16-6-3-2-4-7-16/h2-13H,14H2,1H3,(H,23,28). The highest BCUT2D eigenvalue weighted by Gasteiger charge is 2.11. The Morgan fingerprint density at radius 2 is 1.75 bits per heavy atom. The van der Waals surface area contributed by atoms with Crippen molar-refractivity contribution in [3.05, 3.63) is 89.5 Å². The lowest BCUT2D eigenvalue weighted by Gasteiger charge is -2.07. The Morgan fingerprint density at radius 3 is 2.54 bits per heavy atom. The topological polar surface area (TPSA) is 76.9 Å². The number of nitrogens with zero attached hydrogens (tertiary/aromatic N) is 3. The van der Waals surface area contributed by atoms with E-state index < -0.39 is 0 Å². The largest absolute Gasteiger partial charge is 0.322 e. The lowest BCUT2D eigenvalue weighted by atomic mass is 10.1. The van der Waals surface area contributed by atoms with Crippen LogP contribution in [0.15, 0.2) is 72.8 Å². The lowest BCUT2D eigenvalue weighted by molar-refractivity contribution is 0.101. The second-order valence-corrected chi connectivity index (χ2v) is 6.53. The minimum Gasteiger partial charge on any atom is -0.322 e. The zero-order valence-corrected chi connectivity index (χ0v) is 15.3. The minimum atomic E-state index is -0.264. The number of nitrogens with one attached hydrogen (secondary N) is 1. The number of aromatic nitrogens is 3. The molecule has 0 saturated carbocycles. The summed E-state index contributed by atoms with van der Waals surface area (Å²) in [6, 6.07) is 22.2. The summed E-state index contributed by atoms with van der Waals surface area (Å²) in [5, 5.41) is 11.2. The number of Topliss-reactive ketones (excluding diaryl/α,β-unsaturated/α-hetero) is 1. The van der Waals surface area contributed by atoms with E-state index in [0.29, 0.717) is 28.9 Å². The molecule has 0 radical (unpaired) electrons. The van der Waals surface area contributed by atoms with Crippen LogP contribution in [0.25, 0.3) is 11.0 Å². The van der Waals surface area contributed by atoms with Crippen LogP contribution in [0, 0.1) is 0 Å². The molecule has 3 aromatic carbocycles. The molecule has 0 saturated heterocycles. The van der Waals surface area contributed by atoms with E-state index in [2.05, 4.69) is 15.6 Å². The molecule has 0 bridgehead atoms. The van der Waals surface area contributed by atoms with Gasteiger partial charge in [-0.2, -0.15) is 0 Å². The fourth-order valence-electron chi connectivity index (χ4n) is 3.01. The monoisotopic (exact) mass is 370 g/mol. The van der Waals surface area contributed by atoms with Crippen LogP contribution in [-0.4, -0.2) is 26.7 Å². The van der Waals surface area contributed by atoms with E-state index in [1.165, 1.54) is 6.92 Å². The number of rotatable bonds is 5. The van der Waals surface area contributed by atoms with Crippen LogP contribution in [0.2, 0.25) is 0 Å². The van der Waals surface area contributed by atoms with Crippen LogP contribution in [0.1, 0.15) is 33.2 Å². The first-order valence-electron chi connectivity index (χ1n) is 8.90. The number of fused-ring (bicyclic) bond motifs is 1. The van der Waals surface area contributed by atoms with E-state index >= 15 is 0 Å². The van der Waals surface area contributed by atoms with E-state index in [1.54, 1.807) is 36.4 Å². The Hall–Kier alpha value is -3.80. The lowest BCUT2D eigenvalue weighted by Crippen LogP contribution is -2.12. The first-order chi connectivity index (χ1) is 13.6. The molecule has 138 valence electrons. The van der Waals surface area contributed by atoms with Crippen molar-refractivity contribution in [3.63, 3.8) is 0 Å². The number of benzene rings is 3. The molecule has 0 aliphatic rings. The summed E-state index contributed by atoms with van der Waals surface area (Å²) in [5.74, 6) is -0.312. The van der Waals surface area contributed by atoms with Crippen molar-refractivity contribution < 1.29 is 9.59 Å². The Kier molecular flexibility index (Phi) is 4.68. The molecule has 1 N–H and O–H groups in total. The normalized spacial score (nSPS) is 10.8. The Morgan fingerprint density at radius 1 is 0.929 bits per heavy atom. The highest BCUT2D eigenvalue weighted by molar-refractivity contribution is 6.06. The van der Waals surface area contributed by atoms with Crippen LogP contribution in [0.5, 0.6) is 0 Å². The van der Waals surface area contributed by atoms with Crippen LogP contribution in [0.3, 0.4) is 0 Å². The third kappa shape index (κ3) is 3.66. The van der Waals surface area contributed by atoms with E-state index in [4.69, 9.17) is 0 Å². The number of ketones is 1. The highest BCUT2D eigenvalue weighted by Crippen LogP contribution is 2.17. The summed E-state index contributed by atoms with van der Waals surface area (Å²) in [4.78, 5) is 24.1. The molecule has 28 heavy (non-hydrogen) atoms. The maximum Gasteiger partial charge on any atom is 0.255 e. The summed E-state index contributed by atoms with van der Waals surface area (Å²) in [7, 11) is 0. The number of hydrogen-bond donors (Lipinski definition) is 1. The van der Waals surface area contributed by atoms with E-state index in [9.17, 15) is 9.59 Å². The fourth-order valence-corrected chi connectivity index (χ4v) is 3.01. The maximum absolute atomic E-state index is 12.6. The van der Waals surface area contributed by atoms with Crippen molar-refractivity contribution in [2.24, 2.45) is 0 Å². The van der Waals surface area contributed by atoms with Gasteiger partial charge in [0.2, 0.25) is 0 Å². The van der Waals surface area contributed by atoms with Crippen LogP contribution >= 0.6 is 0 Å². The van der Waals surface area contributed by atoms with Crippen molar-refractivity contribution in [1.29, 1.82) is 0 Å². The number of carbonyl (C=O) groups is 2. The molecule has 0 aliphatic heterocycles. The molecular formula is C22H18N4O2. The molecule has 0 atom stereocenters. The number of carbonyl (C=O) groups excluding carboxylic acids is 2. The van der Waals surface area contributed by atoms with Crippen molar-refractivity contribution in [1.82, 2.24) is 15.0 Å². The molecule has 0 aliphatic carbocycles. The van der Waals surface area contributed by atoms with Gasteiger partial charge in [0, 0.05) is 16.8 Å². The summed E-state index contributed by atoms with van der Waals surface area (Å²) in [5.41, 5.74) is 4.25. The van der Waals surface area contributed by atoms with Gasteiger partial charge < -0.3 is 5.32 Å². The fraction of sp³-hybridized carbons (Fsp3) is 0.0909. The zero-order valence-electron chi connectivity index (χ0n) is 15.3. The van der Waals surface area contributed by atoms with Crippen molar-refractivity contribution in [2.45, 2.75) is 13.5 Å². The molecule has 4 rings (SSSR count). The third-order valence-corrected chi connectivity index (χ3v) is 4.48. The summed E-state index contributed by atoms with van der Waals surface area (Å²) >= 11 is 0. The predicted octanol–water partition coefficient (Wildman–Crippen LogP) is 3.93. The zero-order chi connectivity index (χ0) is 19.5. The summed E-state index contributed by atoms with van der Waals surface area (Å²) in [6.45, 7) is 2.11. The molecule has 6 heteroatoms. The third-order valence-electron chi connectivity index (χ3n) is 4.48. The number of anilines is 1. The van der Waals surface area contributed by atoms with Crippen LogP contribution in [-0.2, 0) is 6.54 Å². The van der Waals surface area contributed by atoms with E-state index in [0.717, 1.165) is 11.1 Å². The predicted molar refractivity (Wildman–Crippen MR) is 107 cm³/mol. The van der Waals surface area contributed by atoms with Gasteiger partial charge in [-0.15, -0.1) is 5.10 Å². The molecule has 6 nitrogen and oxygen atoms in total. The van der Waals surface area contributed by atoms with Gasteiger partial charge in [0.25, 0.3) is 5.91 Å². The van der Waals surface area contributed by atoms with Crippen molar-refractivity contribution in [2.75, 3.05) is 5.32 Å². The highest BCUT2D eigenvalue weighted by atomic mass is 16.1. The van der Waals surface area contributed by atoms with Gasteiger partial charge in [-0.3, -0.25) is 9.59 Å². The SMILES string of the molecule is CC(=O)c1cccc(NC(=O)c2ccc3c(c2)nnn3Cc2ccccc2)c1. The van der Waals surface area contributed by atoms with Gasteiger partial charge in [-0.1, -0.05) is 47.7 Å². The molecule has 1 heterocycles. The van der Waals surface area contributed by atoms with Crippen LogP contribution in [0.4, 0.5) is 5.69 Å². The first kappa shape index (κ1) is 17.6. The van der Waals surface area contributed by atoms with Gasteiger partial charge in [-0.25, -0.2) is 4.68 Å². The van der Waals surface area contributed by atoms with Crippen LogP contribution < -0.4 is 5.32 Å². The Balaban J connectivity index is 1.55. The summed E-state index contributed by atoms with van der Waals surface area (Å²) in [6.07, 6.45) is 0. The van der Waals surface area contributed by atoms with Crippen molar-refractivity contribution >= 4 is 28.4 Å². The van der Waals surface area contributed by atoms with Gasteiger partial charge in [0.05, 0.1) is 12.1 Å². The first-order valence-corrected chi connectivity index (χ1v) is 8.90. The Bertz CT molecular complexity index is 1170. The quantitative estimate of drug-likeness (QED) is 0.540. The molecule has 1 aromatic heterocycles. The molecule has 0 spiro atoms. The smallest absolute Gasteiger partial charge is 0.255 e. The molecule has 1 amide bonds. The van der Waals surface area contributed by atoms with Crippen molar-refractivity contribution in [3.8, 4) is 0 Å². The molecule has 0 unspecified atom stereocenters. The molecule has 0 fully saturated rings. The van der Waals surface area contributed by atoms with E-state index in [1.807, 2.05) is 41.1 Å². The number of hydrogen-bond acceptors (Lipinski definition) is 4. The Labute approximate surface area is 161 Å². The van der Waals surface area contributed by atoms with E-state index in [-0.39, 0.29) is 11.7 Å². The second kappa shape index (κ2) is 7.44. The summed E-state index contributed by atoms with van der Waals surface area (Å²) < 4.78 is 1.81. The maximum atomic E-state index is 12.6. The van der Waals surface area contributed by atoms with Gasteiger partial charge in [0.1, 0.15) is 5.52 Å². The van der Waals surface area contributed by atoms with Gasteiger partial charge in [-0.05, 0) is 42.8 Å². The van der Waals surface area contributed by atoms with Gasteiger partial charge in [0.15, 0.2) is 5.78 Å². The molecule has 4 aromatic rings. The average Bonchev–Trinajstić information content (AvgIpc) is 3.11. The second-order valence-electron chi connectivity index (χ2n) is 6.53. The van der Waals surface area contributed by atoms with Gasteiger partial charge >= 0.3 is 0 Å². The molecular weight excluding hydrogens is 352 g/mol.